The van der Waals surface area contributed by atoms with E-state index in [1.165, 1.54) is 24.3 Å². The molecule has 1 fully saturated rings. The lowest BCUT2D eigenvalue weighted by Gasteiger charge is -2.34. The van der Waals surface area contributed by atoms with Crippen LogP contribution in [-0.4, -0.2) is 48.5 Å². The second kappa shape index (κ2) is 7.28. The smallest absolute Gasteiger partial charge is 0.393 e. The molecule has 1 heterocycles. The average molecular weight is 321 g/mol. The number of aliphatic hydroxyl groups excluding tert-OH is 1. The molecule has 2 rings (SSSR count). The van der Waals surface area contributed by atoms with E-state index >= 15 is 0 Å². The zero-order valence-corrected chi connectivity index (χ0v) is 12.0. The molecular formula is C15H19F4NO2. The lowest BCUT2D eigenvalue weighted by atomic mass is 9.97. The number of aliphatic hydroxyl groups is 1. The van der Waals surface area contributed by atoms with Gasteiger partial charge in [-0.3, -0.25) is 0 Å². The molecule has 1 aromatic carbocycles. The van der Waals surface area contributed by atoms with E-state index in [1.807, 2.05) is 0 Å². The van der Waals surface area contributed by atoms with Gasteiger partial charge >= 0.3 is 6.18 Å². The number of halogens is 4. The number of hydrogen-bond donors (Lipinski definition) is 1. The maximum atomic E-state index is 12.7. The average Bonchev–Trinajstić information content (AvgIpc) is 2.46. The van der Waals surface area contributed by atoms with E-state index in [0.29, 0.717) is 18.7 Å². The Morgan fingerprint density at radius 1 is 1.27 bits per heavy atom. The van der Waals surface area contributed by atoms with Crippen LogP contribution >= 0.6 is 0 Å². The van der Waals surface area contributed by atoms with Gasteiger partial charge in [0.25, 0.3) is 0 Å². The summed E-state index contributed by atoms with van der Waals surface area (Å²) < 4.78 is 56.1. The number of likely N-dealkylation sites (tertiary alicyclic amines) is 1. The standard InChI is InChI=1S/C15H19F4NO2/c16-12-3-5-14(6-4-12)22-10-13(21)9-20-7-1-2-11(8-20)15(17,18)19/h3-6,11,13,21H,1-2,7-10H2/t11-,13+/m0/s1. The topological polar surface area (TPSA) is 32.7 Å². The highest BCUT2D eigenvalue weighted by Crippen LogP contribution is 2.33. The van der Waals surface area contributed by atoms with Crippen LogP contribution in [0.15, 0.2) is 24.3 Å². The molecule has 0 aromatic heterocycles. The summed E-state index contributed by atoms with van der Waals surface area (Å²) in [5.41, 5.74) is 0. The minimum atomic E-state index is -4.19. The van der Waals surface area contributed by atoms with Crippen molar-refractivity contribution >= 4 is 0 Å². The predicted molar refractivity (Wildman–Crippen MR) is 73.1 cm³/mol. The lowest BCUT2D eigenvalue weighted by molar-refractivity contribution is -0.187. The highest BCUT2D eigenvalue weighted by Gasteiger charge is 2.41. The molecule has 124 valence electrons. The fraction of sp³-hybridized carbons (Fsp3) is 0.600. The summed E-state index contributed by atoms with van der Waals surface area (Å²) in [5, 5.41) is 9.88. The lowest BCUT2D eigenvalue weighted by Crippen LogP contribution is -2.45. The van der Waals surface area contributed by atoms with Crippen molar-refractivity contribution in [3.8, 4) is 5.75 Å². The third kappa shape index (κ3) is 5.14. The summed E-state index contributed by atoms with van der Waals surface area (Å²) in [4.78, 5) is 1.61. The first kappa shape index (κ1) is 17.0. The van der Waals surface area contributed by atoms with Crippen molar-refractivity contribution < 1.29 is 27.4 Å². The number of piperidine rings is 1. The van der Waals surface area contributed by atoms with Crippen molar-refractivity contribution in [2.45, 2.75) is 25.1 Å². The number of nitrogens with zero attached hydrogens (tertiary/aromatic N) is 1. The highest BCUT2D eigenvalue weighted by molar-refractivity contribution is 5.22. The van der Waals surface area contributed by atoms with Crippen LogP contribution in [-0.2, 0) is 0 Å². The SMILES string of the molecule is O[C@@H](COc1ccc(F)cc1)CN1CCC[C@H](C(F)(F)F)C1. The zero-order chi connectivity index (χ0) is 16.2. The number of benzene rings is 1. The largest absolute Gasteiger partial charge is 0.491 e. The van der Waals surface area contributed by atoms with E-state index in [9.17, 15) is 22.7 Å². The molecule has 1 N–H and O–H groups in total. The van der Waals surface area contributed by atoms with Gasteiger partial charge in [0.1, 0.15) is 24.3 Å². The van der Waals surface area contributed by atoms with E-state index in [-0.39, 0.29) is 31.9 Å². The number of β-amino-alcohol motifs (C(OH)–C–C–N with tert-alkyl or cyclic N) is 1. The number of ether oxygens (including phenoxy) is 1. The van der Waals surface area contributed by atoms with Crippen molar-refractivity contribution in [1.29, 1.82) is 0 Å². The van der Waals surface area contributed by atoms with Gasteiger partial charge in [-0.25, -0.2) is 4.39 Å². The summed E-state index contributed by atoms with van der Waals surface area (Å²) in [6.45, 7) is 0.546. The Morgan fingerprint density at radius 2 is 1.95 bits per heavy atom. The molecule has 0 unspecified atom stereocenters. The summed E-state index contributed by atoms with van der Waals surface area (Å²) in [6, 6.07) is 5.34. The maximum Gasteiger partial charge on any atom is 0.393 e. The highest BCUT2D eigenvalue weighted by atomic mass is 19.4. The van der Waals surface area contributed by atoms with E-state index in [0.717, 1.165) is 0 Å². The van der Waals surface area contributed by atoms with Gasteiger partial charge in [-0.1, -0.05) is 0 Å². The molecule has 1 aliphatic rings. The third-order valence-electron chi connectivity index (χ3n) is 3.69. The van der Waals surface area contributed by atoms with Gasteiger partial charge in [0.05, 0.1) is 5.92 Å². The van der Waals surface area contributed by atoms with E-state index in [2.05, 4.69) is 0 Å². The predicted octanol–water partition coefficient (Wildman–Crippen LogP) is 2.84. The summed E-state index contributed by atoms with van der Waals surface area (Å²) in [6.07, 6.45) is -4.47. The van der Waals surface area contributed by atoms with E-state index < -0.39 is 18.2 Å². The molecule has 2 atom stereocenters. The first-order valence-corrected chi connectivity index (χ1v) is 7.20. The fourth-order valence-corrected chi connectivity index (χ4v) is 2.56. The van der Waals surface area contributed by atoms with Crippen molar-refractivity contribution in [2.24, 2.45) is 5.92 Å². The molecule has 22 heavy (non-hydrogen) atoms. The summed E-state index contributed by atoms with van der Waals surface area (Å²) in [5.74, 6) is -1.31. The molecule has 0 aliphatic carbocycles. The molecule has 0 bridgehead atoms. The van der Waals surface area contributed by atoms with Crippen LogP contribution in [0, 0.1) is 11.7 Å². The molecule has 1 aromatic rings. The Bertz CT molecular complexity index is 464. The Morgan fingerprint density at radius 3 is 2.59 bits per heavy atom. The summed E-state index contributed by atoms with van der Waals surface area (Å²) >= 11 is 0. The van der Waals surface area contributed by atoms with Crippen LogP contribution in [0.2, 0.25) is 0 Å². The van der Waals surface area contributed by atoms with Gasteiger partial charge in [-0.05, 0) is 43.7 Å². The Labute approximate surface area is 126 Å². The third-order valence-corrected chi connectivity index (χ3v) is 3.69. The molecule has 0 spiro atoms. The molecule has 1 aliphatic heterocycles. The number of alkyl halides is 3. The van der Waals surface area contributed by atoms with E-state index in [1.54, 1.807) is 4.90 Å². The van der Waals surface area contributed by atoms with Gasteiger partial charge in [-0.2, -0.15) is 13.2 Å². The van der Waals surface area contributed by atoms with Gasteiger partial charge < -0.3 is 14.7 Å². The monoisotopic (exact) mass is 321 g/mol. The molecule has 1 saturated heterocycles. The van der Waals surface area contributed by atoms with Crippen LogP contribution in [0.4, 0.5) is 17.6 Å². The van der Waals surface area contributed by atoms with E-state index in [4.69, 9.17) is 4.74 Å². The van der Waals surface area contributed by atoms with Gasteiger partial charge in [-0.15, -0.1) is 0 Å². The number of rotatable bonds is 5. The van der Waals surface area contributed by atoms with Crippen LogP contribution in [0.25, 0.3) is 0 Å². The van der Waals surface area contributed by atoms with Gasteiger partial charge in [0.2, 0.25) is 0 Å². The second-order valence-corrected chi connectivity index (χ2v) is 5.56. The zero-order valence-electron chi connectivity index (χ0n) is 12.0. The normalized spacial score (nSPS) is 21.6. The van der Waals surface area contributed by atoms with Crippen molar-refractivity contribution in [1.82, 2.24) is 4.90 Å². The molecule has 0 amide bonds. The Hall–Kier alpha value is -1.34. The Kier molecular flexibility index (Phi) is 5.63. The number of hydrogen-bond acceptors (Lipinski definition) is 3. The van der Waals surface area contributed by atoms with Crippen LogP contribution < -0.4 is 4.74 Å². The maximum absolute atomic E-state index is 12.7. The minimum Gasteiger partial charge on any atom is -0.491 e. The van der Waals surface area contributed by atoms with Crippen molar-refractivity contribution in [2.75, 3.05) is 26.2 Å². The van der Waals surface area contributed by atoms with Crippen LogP contribution in [0.3, 0.4) is 0 Å². The molecular weight excluding hydrogens is 302 g/mol. The van der Waals surface area contributed by atoms with Crippen LogP contribution in [0.5, 0.6) is 5.75 Å². The molecule has 0 radical (unpaired) electrons. The van der Waals surface area contributed by atoms with Crippen molar-refractivity contribution in [3.63, 3.8) is 0 Å². The molecule has 7 heteroatoms. The Balaban J connectivity index is 1.76. The van der Waals surface area contributed by atoms with Crippen LogP contribution in [0.1, 0.15) is 12.8 Å². The van der Waals surface area contributed by atoms with Gasteiger partial charge in [0, 0.05) is 13.1 Å². The fourth-order valence-electron chi connectivity index (χ4n) is 2.56. The first-order valence-electron chi connectivity index (χ1n) is 7.20. The van der Waals surface area contributed by atoms with Gasteiger partial charge in [0.15, 0.2) is 0 Å². The second-order valence-electron chi connectivity index (χ2n) is 5.56. The minimum absolute atomic E-state index is 0.0428. The first-order chi connectivity index (χ1) is 10.3. The quantitative estimate of drug-likeness (QED) is 0.847. The van der Waals surface area contributed by atoms with Crippen molar-refractivity contribution in [3.05, 3.63) is 30.1 Å². The molecule has 0 saturated carbocycles. The summed E-state index contributed by atoms with van der Waals surface area (Å²) in [7, 11) is 0. The molecule has 3 nitrogen and oxygen atoms in total.